The van der Waals surface area contributed by atoms with Crippen LogP contribution in [0, 0.1) is 25.5 Å². The van der Waals surface area contributed by atoms with E-state index in [1.54, 1.807) is 0 Å². The van der Waals surface area contributed by atoms with Crippen molar-refractivity contribution < 1.29 is 23.3 Å². The average molecular weight is 514 g/mol. The van der Waals surface area contributed by atoms with Crippen molar-refractivity contribution in [3.8, 4) is 5.75 Å². The molecule has 0 aliphatic heterocycles. The zero-order valence-corrected chi connectivity index (χ0v) is 21.7. The first-order valence-electron chi connectivity index (χ1n) is 12.1. The molecule has 0 aromatic heterocycles. The third kappa shape index (κ3) is 9.44. The second-order valence-corrected chi connectivity index (χ2v) is 10.1. The van der Waals surface area contributed by atoms with Crippen LogP contribution in [-0.2, 0) is 6.54 Å². The Hall–Kier alpha value is -2.63. The lowest BCUT2D eigenvalue weighted by Gasteiger charge is -2.12. The Morgan fingerprint density at radius 1 is 0.917 bits per heavy atom. The summed E-state index contributed by atoms with van der Waals surface area (Å²) in [6.45, 7) is 6.01. The molecular formula is C29H34F2NO3P. The van der Waals surface area contributed by atoms with Crippen LogP contribution in [-0.4, -0.2) is 29.1 Å². The van der Waals surface area contributed by atoms with E-state index in [9.17, 15) is 8.78 Å². The Balaban J connectivity index is 1.56. The van der Waals surface area contributed by atoms with Crippen LogP contribution >= 0.6 is 8.38 Å². The average Bonchev–Trinajstić information content (AvgIpc) is 2.83. The highest BCUT2D eigenvalue weighted by atomic mass is 31.2. The molecule has 4 nitrogen and oxygen atoms in total. The maximum absolute atomic E-state index is 13.9. The minimum atomic E-state index is -1.81. The smallest absolute Gasteiger partial charge is 0.164 e. The lowest BCUT2D eigenvalue weighted by atomic mass is 9.97. The number of aryl methyl sites for hydroxylation is 2. The topological polar surface area (TPSA) is 61.7 Å². The molecule has 0 unspecified atom stereocenters. The second-order valence-electron chi connectivity index (χ2n) is 8.89. The van der Waals surface area contributed by atoms with Crippen LogP contribution in [0.25, 0.3) is 11.6 Å². The highest BCUT2D eigenvalue weighted by molar-refractivity contribution is 7.45. The Kier molecular flexibility index (Phi) is 11.0. The van der Waals surface area contributed by atoms with Crippen molar-refractivity contribution in [2.75, 3.05) is 19.3 Å². The van der Waals surface area contributed by atoms with Gasteiger partial charge in [-0.2, -0.15) is 0 Å². The van der Waals surface area contributed by atoms with Gasteiger partial charge in [0.1, 0.15) is 17.4 Å². The van der Waals surface area contributed by atoms with Gasteiger partial charge >= 0.3 is 0 Å². The van der Waals surface area contributed by atoms with Crippen LogP contribution in [0.4, 0.5) is 8.78 Å². The Bertz CT molecular complexity index is 1130. The lowest BCUT2D eigenvalue weighted by molar-refractivity contribution is 0.313. The van der Waals surface area contributed by atoms with Gasteiger partial charge < -0.3 is 19.8 Å². The van der Waals surface area contributed by atoms with Gasteiger partial charge in [-0.1, -0.05) is 36.4 Å². The molecule has 0 fully saturated rings. The monoisotopic (exact) mass is 513 g/mol. The number of ether oxygens (including phenoxy) is 1. The van der Waals surface area contributed by atoms with Gasteiger partial charge in [-0.15, -0.1) is 0 Å². The van der Waals surface area contributed by atoms with Crippen molar-refractivity contribution in [3.05, 3.63) is 100 Å². The number of nitrogens with one attached hydrogen (secondary N) is 1. The summed E-state index contributed by atoms with van der Waals surface area (Å²) in [5.41, 5.74) is 5.87. The predicted molar refractivity (Wildman–Crippen MR) is 144 cm³/mol. The number of benzene rings is 3. The highest BCUT2D eigenvalue weighted by Crippen LogP contribution is 2.26. The Morgan fingerprint density at radius 2 is 1.64 bits per heavy atom. The number of rotatable bonds is 13. The molecule has 0 saturated carbocycles. The van der Waals surface area contributed by atoms with Crippen molar-refractivity contribution >= 4 is 20.0 Å². The summed E-state index contributed by atoms with van der Waals surface area (Å²) in [6, 6.07) is 17.6. The van der Waals surface area contributed by atoms with E-state index in [4.69, 9.17) is 14.5 Å². The molecule has 3 rings (SSSR count). The molecule has 3 aromatic rings. The lowest BCUT2D eigenvalue weighted by Crippen LogP contribution is -2.15. The van der Waals surface area contributed by atoms with Crippen LogP contribution in [0.2, 0.25) is 0 Å². The van der Waals surface area contributed by atoms with Crippen molar-refractivity contribution in [3.63, 3.8) is 0 Å². The predicted octanol–water partition coefficient (Wildman–Crippen LogP) is 6.76. The second kappa shape index (κ2) is 14.2. The number of hydrogen-bond donors (Lipinski definition) is 3. The van der Waals surface area contributed by atoms with Crippen molar-refractivity contribution in [1.29, 1.82) is 0 Å². The molecule has 0 aliphatic rings. The molecule has 0 spiro atoms. The van der Waals surface area contributed by atoms with Crippen LogP contribution in [0.5, 0.6) is 5.75 Å². The van der Waals surface area contributed by atoms with E-state index in [1.165, 1.54) is 23.3 Å². The zero-order chi connectivity index (χ0) is 25.9. The quantitative estimate of drug-likeness (QED) is 0.134. The molecule has 3 aromatic carbocycles. The summed E-state index contributed by atoms with van der Waals surface area (Å²) in [5.74, 6) is -0.413. The third-order valence-electron chi connectivity index (χ3n) is 5.93. The summed E-state index contributed by atoms with van der Waals surface area (Å²) in [7, 11) is -1.81. The molecular weight excluding hydrogens is 479 g/mol. The van der Waals surface area contributed by atoms with Crippen LogP contribution in [0.15, 0.2) is 60.7 Å². The summed E-state index contributed by atoms with van der Waals surface area (Å²) in [5, 5.41) is 3.28. The standard InChI is InChI=1S/C29H34F2NO3P/c1-21-6-7-24(15-22(21)2)16-25(26-17-27(30)19-28(31)18-26)5-3-13-35-29-10-8-23(9-11-29)20-32-12-4-14-36(33)34/h6-11,15-19,32-34H,3-5,12-14,20H2,1-2H3/b25-16+. The summed E-state index contributed by atoms with van der Waals surface area (Å²) < 4.78 is 33.7. The van der Waals surface area contributed by atoms with Gasteiger partial charge in [-0.25, -0.2) is 8.78 Å². The van der Waals surface area contributed by atoms with Crippen molar-refractivity contribution in [2.45, 2.75) is 39.7 Å². The number of halogens is 2. The van der Waals surface area contributed by atoms with Gasteiger partial charge in [0.05, 0.1) is 6.61 Å². The maximum Gasteiger partial charge on any atom is 0.164 e. The molecule has 0 radical (unpaired) electrons. The fourth-order valence-electron chi connectivity index (χ4n) is 3.83. The SMILES string of the molecule is Cc1ccc(/C=C(\CCCOc2ccc(CNCCCP(O)O)cc2)c2cc(F)cc(F)c2)cc1C. The van der Waals surface area contributed by atoms with Gasteiger partial charge in [0.25, 0.3) is 0 Å². The zero-order valence-electron chi connectivity index (χ0n) is 20.8. The number of hydrogen-bond acceptors (Lipinski definition) is 4. The summed E-state index contributed by atoms with van der Waals surface area (Å²) in [4.78, 5) is 17.9. The first-order chi connectivity index (χ1) is 17.3. The minimum Gasteiger partial charge on any atom is -0.494 e. The molecule has 3 N–H and O–H groups in total. The van der Waals surface area contributed by atoms with Gasteiger partial charge in [-0.3, -0.25) is 0 Å². The molecule has 7 heteroatoms. The fraction of sp³-hybridized carbons (Fsp3) is 0.310. The van der Waals surface area contributed by atoms with Gasteiger partial charge in [0, 0.05) is 18.8 Å². The summed E-state index contributed by atoms with van der Waals surface area (Å²) >= 11 is 0. The van der Waals surface area contributed by atoms with E-state index in [1.807, 2.05) is 49.4 Å². The minimum absolute atomic E-state index is 0.421. The molecule has 0 aliphatic carbocycles. The fourth-order valence-corrected chi connectivity index (χ4v) is 4.27. The molecule has 36 heavy (non-hydrogen) atoms. The first-order valence-corrected chi connectivity index (χ1v) is 13.6. The molecule has 0 bridgehead atoms. The van der Waals surface area contributed by atoms with E-state index >= 15 is 0 Å². The van der Waals surface area contributed by atoms with Gasteiger partial charge in [-0.05, 0) is 97.3 Å². The third-order valence-corrected chi connectivity index (χ3v) is 6.64. The molecule has 0 amide bonds. The first kappa shape index (κ1) is 27.9. The van der Waals surface area contributed by atoms with Crippen LogP contribution in [0.3, 0.4) is 0 Å². The van der Waals surface area contributed by atoms with Crippen LogP contribution in [0.1, 0.15) is 47.1 Å². The largest absolute Gasteiger partial charge is 0.494 e. The van der Waals surface area contributed by atoms with E-state index in [0.717, 1.165) is 41.5 Å². The normalized spacial score (nSPS) is 11.8. The van der Waals surface area contributed by atoms with Gasteiger partial charge in [0.15, 0.2) is 8.38 Å². The molecule has 0 saturated heterocycles. The Labute approximate surface area is 213 Å². The van der Waals surface area contributed by atoms with E-state index in [0.29, 0.717) is 37.7 Å². The maximum atomic E-state index is 13.9. The van der Waals surface area contributed by atoms with E-state index < -0.39 is 20.0 Å². The summed E-state index contributed by atoms with van der Waals surface area (Å²) in [6.07, 6.45) is 4.44. The Morgan fingerprint density at radius 3 is 2.31 bits per heavy atom. The number of allylic oxidation sites excluding steroid dienone is 1. The van der Waals surface area contributed by atoms with Gasteiger partial charge in [0.2, 0.25) is 0 Å². The van der Waals surface area contributed by atoms with Crippen LogP contribution < -0.4 is 10.1 Å². The molecule has 192 valence electrons. The van der Waals surface area contributed by atoms with Crippen molar-refractivity contribution in [1.82, 2.24) is 5.32 Å². The molecule has 0 heterocycles. The highest BCUT2D eigenvalue weighted by Gasteiger charge is 2.08. The van der Waals surface area contributed by atoms with E-state index in [-0.39, 0.29) is 0 Å². The van der Waals surface area contributed by atoms with Crippen molar-refractivity contribution in [2.24, 2.45) is 0 Å². The van der Waals surface area contributed by atoms with E-state index in [2.05, 4.69) is 18.3 Å². The molecule has 0 atom stereocenters.